The molecule has 128 valence electrons. The molecule has 5 aromatic rings. The third kappa shape index (κ3) is 1.90. The first kappa shape index (κ1) is 14.6. The first-order chi connectivity index (χ1) is 13.3. The Balaban J connectivity index is 1.82. The van der Waals surface area contributed by atoms with E-state index in [0.29, 0.717) is 0 Å². The summed E-state index contributed by atoms with van der Waals surface area (Å²) in [6.07, 6.45) is 0. The summed E-state index contributed by atoms with van der Waals surface area (Å²) in [6.45, 7) is 0. The largest absolute Gasteiger partial charge is 0.454 e. The maximum absolute atomic E-state index is 6.59. The van der Waals surface area contributed by atoms with Crippen LogP contribution in [0.3, 0.4) is 0 Å². The third-order valence-electron chi connectivity index (χ3n) is 5.63. The van der Waals surface area contributed by atoms with Crippen molar-refractivity contribution in [2.45, 2.75) is 0 Å². The van der Waals surface area contributed by atoms with Crippen molar-refractivity contribution in [2.75, 3.05) is 0 Å². The minimum atomic E-state index is 0.904. The molecule has 0 saturated heterocycles. The van der Waals surface area contributed by atoms with Crippen LogP contribution in [0.2, 0.25) is 0 Å². The quantitative estimate of drug-likeness (QED) is 0.296. The molecule has 1 aliphatic heterocycles. The topological polar surface area (TPSA) is 14.2 Å². The smallest absolute Gasteiger partial charge is 0.159 e. The fourth-order valence-electron chi connectivity index (χ4n) is 4.39. The lowest BCUT2D eigenvalue weighted by Crippen LogP contribution is -1.93. The number of benzene rings is 4. The van der Waals surface area contributed by atoms with Crippen LogP contribution in [-0.2, 0) is 7.05 Å². The minimum Gasteiger partial charge on any atom is -0.454 e. The van der Waals surface area contributed by atoms with Crippen LogP contribution in [0.4, 0.5) is 0 Å². The predicted octanol–water partition coefficient (Wildman–Crippen LogP) is 6.77. The van der Waals surface area contributed by atoms with Crippen molar-refractivity contribution in [2.24, 2.45) is 7.05 Å². The monoisotopic (exact) mass is 347 g/mol. The van der Waals surface area contributed by atoms with E-state index < -0.39 is 0 Å². The summed E-state index contributed by atoms with van der Waals surface area (Å²) in [5.74, 6) is 1.84. The van der Waals surface area contributed by atoms with Crippen LogP contribution in [0, 0.1) is 0 Å². The van der Waals surface area contributed by atoms with Crippen molar-refractivity contribution < 1.29 is 4.74 Å². The molecule has 4 aromatic carbocycles. The zero-order valence-corrected chi connectivity index (χ0v) is 14.9. The number of ether oxygens (including phenoxy) is 1. The van der Waals surface area contributed by atoms with Gasteiger partial charge in [-0.25, -0.2) is 0 Å². The van der Waals surface area contributed by atoms with Gasteiger partial charge in [0.2, 0.25) is 0 Å². The van der Waals surface area contributed by atoms with Crippen LogP contribution in [0.15, 0.2) is 84.9 Å². The molecule has 0 N–H and O–H groups in total. The summed E-state index contributed by atoms with van der Waals surface area (Å²) in [5, 5.41) is 2.48. The SMILES string of the molecule is Cn1c2ccccc2c2ccc3c(c21)Oc1ccccc1-c1ccccc1-3. The molecule has 6 rings (SSSR count). The zero-order valence-electron chi connectivity index (χ0n) is 14.9. The molecule has 27 heavy (non-hydrogen) atoms. The van der Waals surface area contributed by atoms with Crippen LogP contribution in [0.1, 0.15) is 0 Å². The van der Waals surface area contributed by atoms with Crippen LogP contribution in [0.5, 0.6) is 11.5 Å². The van der Waals surface area contributed by atoms with Gasteiger partial charge < -0.3 is 9.30 Å². The standard InChI is InChI=1S/C25H17NO/c1-26-22-12-6-4-10-18(22)20-14-15-21-17-9-3-2-8-16(17)19-11-5-7-13-23(19)27-25(21)24(20)26/h2-15H,1H3. The molecule has 0 unspecified atom stereocenters. The van der Waals surface area contributed by atoms with E-state index in [9.17, 15) is 0 Å². The molecule has 0 fully saturated rings. The first-order valence-electron chi connectivity index (χ1n) is 9.20. The van der Waals surface area contributed by atoms with E-state index in [2.05, 4.69) is 90.5 Å². The number of para-hydroxylation sites is 2. The van der Waals surface area contributed by atoms with Gasteiger partial charge in [-0.05, 0) is 29.3 Å². The Kier molecular flexibility index (Phi) is 2.84. The molecule has 2 heteroatoms. The highest BCUT2D eigenvalue weighted by Crippen LogP contribution is 2.50. The molecule has 0 amide bonds. The fraction of sp³-hybridized carbons (Fsp3) is 0.0400. The van der Waals surface area contributed by atoms with Crippen molar-refractivity contribution >= 4 is 21.8 Å². The number of aromatic nitrogens is 1. The second kappa shape index (κ2) is 5.24. The highest BCUT2D eigenvalue weighted by Gasteiger charge is 2.24. The Morgan fingerprint density at radius 3 is 2.11 bits per heavy atom. The minimum absolute atomic E-state index is 0.904. The van der Waals surface area contributed by atoms with Crippen LogP contribution >= 0.6 is 0 Å². The van der Waals surface area contributed by atoms with Gasteiger partial charge in [-0.2, -0.15) is 0 Å². The molecule has 0 atom stereocenters. The van der Waals surface area contributed by atoms with Crippen molar-refractivity contribution in [3.63, 3.8) is 0 Å². The summed E-state index contributed by atoms with van der Waals surface area (Å²) in [6, 6.07) is 29.8. The normalized spacial score (nSPS) is 12.2. The Bertz CT molecular complexity index is 1360. The zero-order chi connectivity index (χ0) is 18.0. The summed E-state index contributed by atoms with van der Waals surface area (Å²) >= 11 is 0. The molecular weight excluding hydrogens is 330 g/mol. The Morgan fingerprint density at radius 2 is 1.26 bits per heavy atom. The molecule has 1 aromatic heterocycles. The summed E-state index contributed by atoms with van der Waals surface area (Å²) < 4.78 is 8.84. The number of hydrogen-bond donors (Lipinski definition) is 0. The van der Waals surface area contributed by atoms with Gasteiger partial charge >= 0.3 is 0 Å². The first-order valence-corrected chi connectivity index (χ1v) is 9.20. The average molecular weight is 347 g/mol. The van der Waals surface area contributed by atoms with Crippen LogP contribution < -0.4 is 4.74 Å². The number of aryl methyl sites for hydroxylation is 1. The van der Waals surface area contributed by atoms with Gasteiger partial charge in [0.25, 0.3) is 0 Å². The van der Waals surface area contributed by atoms with Crippen LogP contribution in [-0.4, -0.2) is 4.57 Å². The van der Waals surface area contributed by atoms with Gasteiger partial charge in [-0.15, -0.1) is 0 Å². The maximum Gasteiger partial charge on any atom is 0.159 e. The molecule has 1 aliphatic rings. The van der Waals surface area contributed by atoms with Gasteiger partial charge in [0.15, 0.2) is 5.75 Å². The van der Waals surface area contributed by atoms with Gasteiger partial charge in [-0.3, -0.25) is 0 Å². The highest BCUT2D eigenvalue weighted by molar-refractivity contribution is 6.12. The van der Waals surface area contributed by atoms with Gasteiger partial charge in [0, 0.05) is 34.5 Å². The molecule has 0 saturated carbocycles. The average Bonchev–Trinajstić information content (AvgIpc) is 2.93. The highest BCUT2D eigenvalue weighted by atomic mass is 16.5. The van der Waals surface area contributed by atoms with E-state index in [-0.39, 0.29) is 0 Å². The molecule has 2 heterocycles. The molecule has 2 nitrogen and oxygen atoms in total. The Morgan fingerprint density at radius 1 is 0.593 bits per heavy atom. The third-order valence-corrected chi connectivity index (χ3v) is 5.63. The lowest BCUT2D eigenvalue weighted by molar-refractivity contribution is 0.491. The van der Waals surface area contributed by atoms with Crippen molar-refractivity contribution in [3.05, 3.63) is 84.9 Å². The summed E-state index contributed by atoms with van der Waals surface area (Å²) in [5.41, 5.74) is 7.06. The lowest BCUT2D eigenvalue weighted by atomic mass is 9.94. The summed E-state index contributed by atoms with van der Waals surface area (Å²) in [4.78, 5) is 0. The molecule has 0 radical (unpaired) electrons. The van der Waals surface area contributed by atoms with Crippen LogP contribution in [0.25, 0.3) is 44.1 Å². The van der Waals surface area contributed by atoms with Crippen molar-refractivity contribution in [1.29, 1.82) is 0 Å². The van der Waals surface area contributed by atoms with E-state index in [1.807, 2.05) is 6.07 Å². The van der Waals surface area contributed by atoms with Gasteiger partial charge in [0.05, 0.1) is 5.52 Å². The van der Waals surface area contributed by atoms with Gasteiger partial charge in [-0.1, -0.05) is 66.7 Å². The number of nitrogens with zero attached hydrogens (tertiary/aromatic N) is 1. The predicted molar refractivity (Wildman–Crippen MR) is 111 cm³/mol. The second-order valence-corrected chi connectivity index (χ2v) is 7.06. The Hall–Kier alpha value is -3.52. The van der Waals surface area contributed by atoms with E-state index in [0.717, 1.165) is 28.1 Å². The molecule has 0 aliphatic carbocycles. The second-order valence-electron chi connectivity index (χ2n) is 7.06. The lowest BCUT2D eigenvalue weighted by Gasteiger charge is -2.12. The van der Waals surface area contributed by atoms with E-state index >= 15 is 0 Å². The molecule has 0 spiro atoms. The molecule has 0 bridgehead atoms. The molecular formula is C25H17NO. The number of hydrogen-bond acceptors (Lipinski definition) is 1. The number of rotatable bonds is 0. The van der Waals surface area contributed by atoms with Gasteiger partial charge in [0.1, 0.15) is 5.75 Å². The van der Waals surface area contributed by atoms with Crippen molar-refractivity contribution in [3.8, 4) is 33.8 Å². The van der Waals surface area contributed by atoms with E-state index in [1.165, 1.54) is 27.4 Å². The van der Waals surface area contributed by atoms with E-state index in [4.69, 9.17) is 4.74 Å². The Labute approximate surface area is 157 Å². The fourth-order valence-corrected chi connectivity index (χ4v) is 4.39. The van der Waals surface area contributed by atoms with E-state index in [1.54, 1.807) is 0 Å². The van der Waals surface area contributed by atoms with Crippen molar-refractivity contribution in [1.82, 2.24) is 4.57 Å². The number of fused-ring (bicyclic) bond motifs is 9. The maximum atomic E-state index is 6.59. The summed E-state index contributed by atoms with van der Waals surface area (Å²) in [7, 11) is 2.12.